The number of hydrogen-bond acceptors (Lipinski definition) is 7. The normalized spacial score (nSPS) is 11.0. The molecule has 3 aromatic heterocycles. The molecule has 9 heteroatoms. The number of benzene rings is 9. The van der Waals surface area contributed by atoms with E-state index in [2.05, 4.69) is 88.0 Å². The number of aromatic nitrogens is 4. The van der Waals surface area contributed by atoms with Crippen LogP contribution in [0.4, 0.5) is 0 Å². The molecule has 0 aliphatic carbocycles. The van der Waals surface area contributed by atoms with Gasteiger partial charge < -0.3 is 9.13 Å². The summed E-state index contributed by atoms with van der Waals surface area (Å²) >= 11 is 0. The maximum Gasteiger partial charge on any atom is 0.161 e. The average molecular weight is 916 g/mol. The van der Waals surface area contributed by atoms with Crippen LogP contribution < -0.4 is 0 Å². The van der Waals surface area contributed by atoms with E-state index in [4.69, 9.17) is 9.97 Å². The molecule has 0 aliphatic heterocycles. The van der Waals surface area contributed by atoms with Crippen LogP contribution in [0.3, 0.4) is 0 Å². The van der Waals surface area contributed by atoms with Crippen LogP contribution in [-0.2, 0) is 0 Å². The van der Waals surface area contributed by atoms with Gasteiger partial charge in [-0.2, -0.15) is 26.3 Å². The summed E-state index contributed by atoms with van der Waals surface area (Å²) in [6, 6.07) is 76.3. The van der Waals surface area contributed by atoms with Crippen LogP contribution in [0.5, 0.6) is 0 Å². The predicted molar refractivity (Wildman–Crippen MR) is 281 cm³/mol. The maximum absolute atomic E-state index is 11.3. The third kappa shape index (κ3) is 7.15. The quantitative estimate of drug-likeness (QED) is 0.154. The van der Waals surface area contributed by atoms with Crippen LogP contribution in [0, 0.1) is 56.7 Å². The Morgan fingerprint density at radius 3 is 1.14 bits per heavy atom. The van der Waals surface area contributed by atoms with Gasteiger partial charge in [-0.25, -0.2) is 9.97 Å². The van der Waals surface area contributed by atoms with Crippen LogP contribution in [0.1, 0.15) is 27.8 Å². The van der Waals surface area contributed by atoms with E-state index in [-0.39, 0.29) is 0 Å². The first-order valence-corrected chi connectivity index (χ1v) is 23.0. The molecular weight excluding hydrogens is 883 g/mol. The Bertz CT molecular complexity index is 4330. The lowest BCUT2D eigenvalue weighted by atomic mass is 9.98. The summed E-state index contributed by atoms with van der Waals surface area (Å²) in [6.45, 7) is 0. The molecule has 0 radical (unpaired) electrons. The Hall–Kier alpha value is -10.9. The molecule has 0 bridgehead atoms. The van der Waals surface area contributed by atoms with Gasteiger partial charge in [-0.3, -0.25) is 0 Å². The Labute approximate surface area is 413 Å². The lowest BCUT2D eigenvalue weighted by molar-refractivity contribution is 1.09. The Morgan fingerprint density at radius 2 is 0.708 bits per heavy atom. The van der Waals surface area contributed by atoms with Crippen molar-refractivity contribution in [1.82, 2.24) is 19.1 Å². The second-order valence-corrected chi connectivity index (χ2v) is 17.4. The summed E-state index contributed by atoms with van der Waals surface area (Å²) in [6.07, 6.45) is 0. The molecule has 3 heterocycles. The van der Waals surface area contributed by atoms with E-state index in [1.165, 1.54) is 0 Å². The molecule has 12 rings (SSSR count). The zero-order valence-corrected chi connectivity index (χ0v) is 38.1. The first kappa shape index (κ1) is 42.5. The Kier molecular flexibility index (Phi) is 10.2. The third-order valence-electron chi connectivity index (χ3n) is 13.2. The molecule has 0 unspecified atom stereocenters. The summed E-state index contributed by atoms with van der Waals surface area (Å²) in [5, 5.41) is 54.6. The van der Waals surface area contributed by atoms with Gasteiger partial charge in [0, 0.05) is 38.2 Å². The summed E-state index contributed by atoms with van der Waals surface area (Å²) in [5.41, 5.74) is 14.0. The van der Waals surface area contributed by atoms with Crippen molar-refractivity contribution in [3.8, 4) is 97.9 Å². The molecule has 0 saturated carbocycles. The summed E-state index contributed by atoms with van der Waals surface area (Å²) < 4.78 is 4.43. The number of hydrogen-bond donors (Lipinski definition) is 0. The highest BCUT2D eigenvalue weighted by Gasteiger charge is 2.25. The predicted octanol–water partition coefficient (Wildman–Crippen LogP) is 14.4. The highest BCUT2D eigenvalue weighted by molar-refractivity contribution is 6.13. The Balaban J connectivity index is 1.18. The van der Waals surface area contributed by atoms with Crippen molar-refractivity contribution in [1.29, 1.82) is 26.3 Å². The van der Waals surface area contributed by atoms with Crippen LogP contribution in [0.25, 0.3) is 111 Å². The fraction of sp³-hybridized carbons (Fsp3) is 0. The SMILES string of the molecule is N#Cc1cc(C#N)cc(-c2ccc3c(c2)c2ccccc2n3-c2cc(C#N)c(-c3nc(-c4ccccc4)cc(-c4ccccc4)n3)cc2-n2c3ccccc3c3cc(-c4cc(C#N)cc(C#N)c4)ccc32)c1. The molecule has 330 valence electrons. The fourth-order valence-electron chi connectivity index (χ4n) is 9.96. The van der Waals surface area contributed by atoms with Crippen molar-refractivity contribution in [3.05, 3.63) is 228 Å². The number of nitriles is 5. The molecule has 72 heavy (non-hydrogen) atoms. The zero-order chi connectivity index (χ0) is 48.9. The standard InChI is InChI=1S/C63H33N9/c64-34-39-23-40(35-65)26-47(25-39)45-19-21-59-53(29-45)50-15-7-9-17-57(50)71(59)61-31-49(38-68)52(63-69-55(43-11-3-1-4-12-43)33-56(70-63)44-13-5-2-6-14-44)32-62(61)72-58-18-10-8-16-51(58)54-30-46(20-22-60(54)72)48-27-41(36-66)24-42(28-48)37-67/h1-33H. The highest BCUT2D eigenvalue weighted by Crippen LogP contribution is 2.43. The van der Waals surface area contributed by atoms with Crippen LogP contribution >= 0.6 is 0 Å². The van der Waals surface area contributed by atoms with Gasteiger partial charge in [-0.1, -0.05) is 109 Å². The van der Waals surface area contributed by atoms with Crippen molar-refractivity contribution < 1.29 is 0 Å². The highest BCUT2D eigenvalue weighted by atomic mass is 15.1. The van der Waals surface area contributed by atoms with E-state index in [0.29, 0.717) is 50.6 Å². The lowest BCUT2D eigenvalue weighted by Crippen LogP contribution is -2.06. The average Bonchev–Trinajstić information content (AvgIpc) is 3.96. The van der Waals surface area contributed by atoms with Crippen LogP contribution in [0.15, 0.2) is 200 Å². The van der Waals surface area contributed by atoms with Gasteiger partial charge in [-0.15, -0.1) is 0 Å². The Morgan fingerprint density at radius 1 is 0.306 bits per heavy atom. The second kappa shape index (κ2) is 17.3. The molecule has 9 aromatic carbocycles. The van der Waals surface area contributed by atoms with Crippen LogP contribution in [0.2, 0.25) is 0 Å². The molecule has 0 atom stereocenters. The molecule has 9 nitrogen and oxygen atoms in total. The van der Waals surface area contributed by atoms with E-state index >= 15 is 0 Å². The summed E-state index contributed by atoms with van der Waals surface area (Å²) in [7, 11) is 0. The van der Waals surface area contributed by atoms with Gasteiger partial charge in [0.1, 0.15) is 0 Å². The van der Waals surface area contributed by atoms with Crippen molar-refractivity contribution in [2.75, 3.05) is 0 Å². The topological polar surface area (TPSA) is 155 Å². The van der Waals surface area contributed by atoms with E-state index in [1.807, 2.05) is 115 Å². The van der Waals surface area contributed by atoms with E-state index in [0.717, 1.165) is 88.4 Å². The monoisotopic (exact) mass is 915 g/mol. The first-order chi connectivity index (χ1) is 35.4. The third-order valence-corrected chi connectivity index (χ3v) is 13.2. The smallest absolute Gasteiger partial charge is 0.161 e. The van der Waals surface area contributed by atoms with Crippen molar-refractivity contribution in [2.24, 2.45) is 0 Å². The van der Waals surface area contributed by atoms with E-state index in [9.17, 15) is 26.3 Å². The summed E-state index contributed by atoms with van der Waals surface area (Å²) in [5.74, 6) is 0.386. The lowest BCUT2D eigenvalue weighted by Gasteiger charge is -2.19. The van der Waals surface area contributed by atoms with E-state index in [1.54, 1.807) is 36.4 Å². The maximum atomic E-state index is 11.3. The minimum Gasteiger partial charge on any atom is -0.307 e. The molecule has 12 aromatic rings. The fourth-order valence-corrected chi connectivity index (χ4v) is 9.96. The molecule has 0 saturated heterocycles. The van der Waals surface area contributed by atoms with Gasteiger partial charge in [0.2, 0.25) is 0 Å². The van der Waals surface area contributed by atoms with E-state index < -0.39 is 0 Å². The van der Waals surface area contributed by atoms with Crippen molar-refractivity contribution in [3.63, 3.8) is 0 Å². The van der Waals surface area contributed by atoms with Crippen molar-refractivity contribution in [2.45, 2.75) is 0 Å². The van der Waals surface area contributed by atoms with Gasteiger partial charge >= 0.3 is 0 Å². The molecule has 0 aliphatic rings. The summed E-state index contributed by atoms with van der Waals surface area (Å²) in [4.78, 5) is 10.4. The minimum absolute atomic E-state index is 0.367. The second-order valence-electron chi connectivity index (χ2n) is 17.4. The molecule has 0 fully saturated rings. The zero-order valence-electron chi connectivity index (χ0n) is 38.1. The molecule has 0 amide bonds. The number of fused-ring (bicyclic) bond motifs is 6. The minimum atomic E-state index is 0.367. The number of nitrogens with zero attached hydrogens (tertiary/aromatic N) is 9. The number of rotatable bonds is 7. The van der Waals surface area contributed by atoms with Gasteiger partial charge in [0.15, 0.2) is 5.82 Å². The number of para-hydroxylation sites is 2. The van der Waals surface area contributed by atoms with Gasteiger partial charge in [-0.05, 0) is 113 Å². The first-order valence-electron chi connectivity index (χ1n) is 23.0. The van der Waals surface area contributed by atoms with Crippen LogP contribution in [-0.4, -0.2) is 19.1 Å². The molecule has 0 spiro atoms. The molecule has 0 N–H and O–H groups in total. The largest absolute Gasteiger partial charge is 0.307 e. The van der Waals surface area contributed by atoms with Gasteiger partial charge in [0.05, 0.1) is 103 Å². The molecular formula is C63H33N9. The van der Waals surface area contributed by atoms with Gasteiger partial charge in [0.25, 0.3) is 0 Å². The van der Waals surface area contributed by atoms with Crippen molar-refractivity contribution >= 4 is 43.6 Å².